The second-order valence-electron chi connectivity index (χ2n) is 5.45. The second kappa shape index (κ2) is 7.97. The van der Waals surface area contributed by atoms with Gasteiger partial charge >= 0.3 is 0 Å². The lowest BCUT2D eigenvalue weighted by atomic mass is 10.1. The Morgan fingerprint density at radius 2 is 1.77 bits per heavy atom. The number of carbonyl (C=O) groups is 1. The molecule has 0 saturated carbocycles. The molecule has 1 atom stereocenters. The third-order valence-electron chi connectivity index (χ3n) is 3.36. The van der Waals surface area contributed by atoms with Crippen LogP contribution in [0.4, 0.5) is 5.69 Å². The van der Waals surface area contributed by atoms with Gasteiger partial charge in [0.15, 0.2) is 0 Å². The molecule has 1 N–H and O–H groups in total. The smallest absolute Gasteiger partial charge is 0.221 e. The number of amides is 1. The molecule has 2 rings (SSSR count). The number of hydrogen-bond donors (Lipinski definition) is 1. The van der Waals surface area contributed by atoms with Gasteiger partial charge in [-0.15, -0.1) is 11.6 Å². The van der Waals surface area contributed by atoms with Crippen molar-refractivity contribution in [1.82, 2.24) is 4.90 Å². The molecule has 0 spiro atoms. The van der Waals surface area contributed by atoms with Gasteiger partial charge in [0.1, 0.15) is 0 Å². The fraction of sp³-hybridized carbons (Fsp3) is 0.278. The molecule has 3 nitrogen and oxygen atoms in total. The van der Waals surface area contributed by atoms with Crippen molar-refractivity contribution >= 4 is 23.2 Å². The Kier molecular flexibility index (Phi) is 5.99. The molecule has 0 saturated heterocycles. The Morgan fingerprint density at radius 3 is 2.36 bits per heavy atom. The molecule has 0 aliphatic rings. The minimum atomic E-state index is -0.0832. The van der Waals surface area contributed by atoms with Crippen LogP contribution in [-0.2, 0) is 11.3 Å². The molecule has 0 radical (unpaired) electrons. The SMILES string of the molecule is CC(=O)Nc1ccc(C(Cl)CN(C)Cc2ccccc2)cc1. The van der Waals surface area contributed by atoms with Crippen LogP contribution < -0.4 is 5.32 Å². The van der Waals surface area contributed by atoms with Crippen LogP contribution in [0.3, 0.4) is 0 Å². The molecule has 0 heterocycles. The van der Waals surface area contributed by atoms with Gasteiger partial charge in [0, 0.05) is 25.7 Å². The van der Waals surface area contributed by atoms with E-state index in [2.05, 4.69) is 29.4 Å². The van der Waals surface area contributed by atoms with Crippen molar-refractivity contribution in [2.24, 2.45) is 0 Å². The number of nitrogens with one attached hydrogen (secondary N) is 1. The summed E-state index contributed by atoms with van der Waals surface area (Å²) in [5, 5.41) is 2.67. The molecule has 22 heavy (non-hydrogen) atoms. The first-order valence-electron chi connectivity index (χ1n) is 7.28. The molecule has 1 unspecified atom stereocenters. The number of likely N-dealkylation sites (N-methyl/N-ethyl adjacent to an activating group) is 1. The lowest BCUT2D eigenvalue weighted by Gasteiger charge is -2.20. The zero-order valence-corrected chi connectivity index (χ0v) is 13.7. The van der Waals surface area contributed by atoms with Crippen LogP contribution >= 0.6 is 11.6 Å². The van der Waals surface area contributed by atoms with Gasteiger partial charge in [-0.2, -0.15) is 0 Å². The summed E-state index contributed by atoms with van der Waals surface area (Å²) in [6.07, 6.45) is 0. The van der Waals surface area contributed by atoms with Gasteiger partial charge < -0.3 is 10.2 Å². The lowest BCUT2D eigenvalue weighted by Crippen LogP contribution is -2.22. The molecule has 0 fully saturated rings. The Balaban J connectivity index is 1.91. The van der Waals surface area contributed by atoms with E-state index in [-0.39, 0.29) is 11.3 Å². The van der Waals surface area contributed by atoms with Gasteiger partial charge in [-0.05, 0) is 30.3 Å². The van der Waals surface area contributed by atoms with Gasteiger partial charge in [-0.3, -0.25) is 4.79 Å². The number of hydrogen-bond acceptors (Lipinski definition) is 2. The van der Waals surface area contributed by atoms with Crippen LogP contribution in [-0.4, -0.2) is 24.4 Å². The maximum absolute atomic E-state index is 11.0. The van der Waals surface area contributed by atoms with Crippen LogP contribution in [0.2, 0.25) is 0 Å². The molecule has 0 aromatic heterocycles. The van der Waals surface area contributed by atoms with Crippen molar-refractivity contribution in [1.29, 1.82) is 0 Å². The zero-order valence-electron chi connectivity index (χ0n) is 12.9. The summed E-state index contributed by atoms with van der Waals surface area (Å²) in [5.41, 5.74) is 3.11. The van der Waals surface area contributed by atoms with Crippen molar-refractivity contribution in [3.8, 4) is 0 Å². The number of nitrogens with zero attached hydrogens (tertiary/aromatic N) is 1. The fourth-order valence-electron chi connectivity index (χ4n) is 2.32. The summed E-state index contributed by atoms with van der Waals surface area (Å²) >= 11 is 6.50. The summed E-state index contributed by atoms with van der Waals surface area (Å²) in [5.74, 6) is -0.0715. The van der Waals surface area contributed by atoms with Crippen molar-refractivity contribution < 1.29 is 4.79 Å². The third kappa shape index (κ3) is 5.17. The average Bonchev–Trinajstić information content (AvgIpc) is 2.48. The molecular weight excluding hydrogens is 296 g/mol. The number of carbonyl (C=O) groups excluding carboxylic acids is 1. The predicted octanol–water partition coefficient (Wildman–Crippen LogP) is 4.06. The highest BCUT2D eigenvalue weighted by atomic mass is 35.5. The predicted molar refractivity (Wildman–Crippen MR) is 92.1 cm³/mol. The topological polar surface area (TPSA) is 32.3 Å². The molecule has 0 bridgehead atoms. The van der Waals surface area contributed by atoms with E-state index in [0.717, 1.165) is 24.3 Å². The first kappa shape index (κ1) is 16.5. The van der Waals surface area contributed by atoms with Crippen LogP contribution in [0.5, 0.6) is 0 Å². The Labute approximate surface area is 136 Å². The van der Waals surface area contributed by atoms with E-state index in [0.29, 0.717) is 0 Å². The molecular formula is C18H21ClN2O. The first-order chi connectivity index (χ1) is 10.5. The normalized spacial score (nSPS) is 12.2. The molecule has 0 aliphatic heterocycles. The van der Waals surface area contributed by atoms with Crippen LogP contribution in [0.1, 0.15) is 23.4 Å². The quantitative estimate of drug-likeness (QED) is 0.815. The largest absolute Gasteiger partial charge is 0.326 e. The Hall–Kier alpha value is -1.84. The van der Waals surface area contributed by atoms with E-state index in [4.69, 9.17) is 11.6 Å². The van der Waals surface area contributed by atoms with E-state index in [1.165, 1.54) is 12.5 Å². The van der Waals surface area contributed by atoms with E-state index < -0.39 is 0 Å². The maximum atomic E-state index is 11.0. The zero-order chi connectivity index (χ0) is 15.9. The van der Waals surface area contributed by atoms with Crippen LogP contribution in [0.25, 0.3) is 0 Å². The molecule has 0 aliphatic carbocycles. The third-order valence-corrected chi connectivity index (χ3v) is 3.75. The van der Waals surface area contributed by atoms with Crippen molar-refractivity contribution in [3.05, 3.63) is 65.7 Å². The van der Waals surface area contributed by atoms with Gasteiger partial charge in [0.2, 0.25) is 5.91 Å². The first-order valence-corrected chi connectivity index (χ1v) is 7.72. The number of rotatable bonds is 6. The van der Waals surface area contributed by atoms with Crippen molar-refractivity contribution in [3.63, 3.8) is 0 Å². The Bertz CT molecular complexity index is 598. The molecule has 4 heteroatoms. The molecule has 116 valence electrons. The van der Waals surface area contributed by atoms with Gasteiger partial charge in [0.25, 0.3) is 0 Å². The Morgan fingerprint density at radius 1 is 1.14 bits per heavy atom. The summed E-state index contributed by atoms with van der Waals surface area (Å²) in [6.45, 7) is 3.13. The summed E-state index contributed by atoms with van der Waals surface area (Å²) < 4.78 is 0. The number of anilines is 1. The average molecular weight is 317 g/mol. The highest BCUT2D eigenvalue weighted by molar-refractivity contribution is 6.21. The number of benzene rings is 2. The monoisotopic (exact) mass is 316 g/mol. The van der Waals surface area contributed by atoms with Gasteiger partial charge in [-0.1, -0.05) is 42.5 Å². The van der Waals surface area contributed by atoms with Crippen LogP contribution in [0.15, 0.2) is 54.6 Å². The standard InChI is InChI=1S/C18H21ClN2O/c1-14(22)20-17-10-8-16(9-11-17)18(19)13-21(2)12-15-6-4-3-5-7-15/h3-11,18H,12-13H2,1-2H3,(H,20,22). The summed E-state index contributed by atoms with van der Waals surface area (Å²) in [6, 6.07) is 18.0. The van der Waals surface area contributed by atoms with Crippen LogP contribution in [0, 0.1) is 0 Å². The van der Waals surface area contributed by atoms with Gasteiger partial charge in [0.05, 0.1) is 5.38 Å². The molecule has 2 aromatic rings. The highest BCUT2D eigenvalue weighted by Crippen LogP contribution is 2.23. The number of halogens is 1. The lowest BCUT2D eigenvalue weighted by molar-refractivity contribution is -0.114. The van der Waals surface area contributed by atoms with Crippen molar-refractivity contribution in [2.75, 3.05) is 18.9 Å². The van der Waals surface area contributed by atoms with E-state index >= 15 is 0 Å². The number of alkyl halides is 1. The second-order valence-corrected chi connectivity index (χ2v) is 5.98. The summed E-state index contributed by atoms with van der Waals surface area (Å²) in [7, 11) is 2.06. The minimum absolute atomic E-state index is 0.0715. The van der Waals surface area contributed by atoms with Crippen molar-refractivity contribution in [2.45, 2.75) is 18.8 Å². The van der Waals surface area contributed by atoms with E-state index in [1.807, 2.05) is 42.5 Å². The highest BCUT2D eigenvalue weighted by Gasteiger charge is 2.11. The fourth-order valence-corrected chi connectivity index (χ4v) is 2.70. The van der Waals surface area contributed by atoms with E-state index in [1.54, 1.807) is 0 Å². The summed E-state index contributed by atoms with van der Waals surface area (Å²) in [4.78, 5) is 13.2. The van der Waals surface area contributed by atoms with E-state index in [9.17, 15) is 4.79 Å². The molecule has 2 aromatic carbocycles. The van der Waals surface area contributed by atoms with Gasteiger partial charge in [-0.25, -0.2) is 0 Å². The maximum Gasteiger partial charge on any atom is 0.221 e. The molecule has 1 amide bonds. The minimum Gasteiger partial charge on any atom is -0.326 e.